The Morgan fingerprint density at radius 1 is 0.552 bits per heavy atom. The van der Waals surface area contributed by atoms with Crippen molar-refractivity contribution in [1.29, 1.82) is 0 Å². The summed E-state index contributed by atoms with van der Waals surface area (Å²) < 4.78 is 34.3. The molecule has 0 amide bonds. The maximum absolute atomic E-state index is 12.7. The lowest BCUT2D eigenvalue weighted by molar-refractivity contribution is -0.870. The summed E-state index contributed by atoms with van der Waals surface area (Å²) in [6.07, 6.45) is 49.5. The fourth-order valence-electron chi connectivity index (χ4n) is 5.67. The van der Waals surface area contributed by atoms with E-state index in [2.05, 4.69) is 86.8 Å². The fraction of sp³-hybridized carbons (Fsp3) is 0.708. The fourth-order valence-corrected chi connectivity index (χ4v) is 6.41. The standard InChI is InChI=1S/C48H84NO8P/c1-6-8-10-12-14-16-18-19-20-21-22-23-24-25-26-27-28-29-31-33-35-37-39-41-48(51)57-46(45-56-58(52,53)55-43-42-49(3,4)5)44-54-47(50)40-38-36-34-32-30-17-15-13-11-9-7-2/h8,10,13-16,19-20,22-23,25-26,46H,6-7,9,11-12,17-18,21,24,27-45H2,1-5H3/p+1/b10-8-,15-13-,16-14-,20-19-,23-22-,26-25-. The number of hydrogen-bond acceptors (Lipinski definition) is 7. The number of carbonyl (C=O) groups excluding carboxylic acids is 2. The van der Waals surface area contributed by atoms with E-state index >= 15 is 0 Å². The maximum atomic E-state index is 12.7. The van der Waals surface area contributed by atoms with Gasteiger partial charge in [-0.1, -0.05) is 151 Å². The molecule has 58 heavy (non-hydrogen) atoms. The number of ether oxygens (including phenoxy) is 2. The van der Waals surface area contributed by atoms with Gasteiger partial charge in [0.15, 0.2) is 6.10 Å². The zero-order valence-electron chi connectivity index (χ0n) is 37.5. The van der Waals surface area contributed by atoms with Crippen LogP contribution >= 0.6 is 7.82 Å². The van der Waals surface area contributed by atoms with Crippen LogP contribution in [0.1, 0.15) is 168 Å². The minimum Gasteiger partial charge on any atom is -0.462 e. The van der Waals surface area contributed by atoms with Crippen LogP contribution in [0, 0.1) is 0 Å². The Hall–Kier alpha value is -2.55. The van der Waals surface area contributed by atoms with E-state index in [4.69, 9.17) is 18.5 Å². The summed E-state index contributed by atoms with van der Waals surface area (Å²) in [4.78, 5) is 35.3. The van der Waals surface area contributed by atoms with Crippen LogP contribution < -0.4 is 0 Å². The van der Waals surface area contributed by atoms with E-state index in [0.717, 1.165) is 103 Å². The first-order valence-electron chi connectivity index (χ1n) is 22.7. The third-order valence-corrected chi connectivity index (χ3v) is 10.2. The average Bonchev–Trinajstić information content (AvgIpc) is 3.17. The largest absolute Gasteiger partial charge is 0.472 e. The van der Waals surface area contributed by atoms with E-state index in [1.54, 1.807) is 0 Å². The van der Waals surface area contributed by atoms with Gasteiger partial charge in [-0.2, -0.15) is 0 Å². The highest BCUT2D eigenvalue weighted by Crippen LogP contribution is 2.43. The lowest BCUT2D eigenvalue weighted by atomic mass is 10.1. The number of allylic oxidation sites excluding steroid dienone is 12. The van der Waals surface area contributed by atoms with Crippen LogP contribution in [0.15, 0.2) is 72.9 Å². The number of hydrogen-bond donors (Lipinski definition) is 1. The number of likely N-dealkylation sites (N-methyl/N-ethyl adjacent to an activating group) is 1. The predicted molar refractivity (Wildman–Crippen MR) is 242 cm³/mol. The number of quaternary nitrogens is 1. The molecule has 0 rings (SSSR count). The highest BCUT2D eigenvalue weighted by molar-refractivity contribution is 7.47. The van der Waals surface area contributed by atoms with Gasteiger partial charge in [0.1, 0.15) is 19.8 Å². The monoisotopic (exact) mass is 835 g/mol. The second-order valence-electron chi connectivity index (χ2n) is 16.0. The lowest BCUT2D eigenvalue weighted by Crippen LogP contribution is -2.37. The molecule has 0 saturated carbocycles. The minimum atomic E-state index is -4.38. The lowest BCUT2D eigenvalue weighted by Gasteiger charge is -2.24. The van der Waals surface area contributed by atoms with Gasteiger partial charge in [0.2, 0.25) is 0 Å². The molecule has 2 atom stereocenters. The number of phosphoric acid groups is 1. The number of nitrogens with zero attached hydrogens (tertiary/aromatic N) is 1. The highest BCUT2D eigenvalue weighted by atomic mass is 31.2. The van der Waals surface area contributed by atoms with E-state index in [-0.39, 0.29) is 32.0 Å². The molecule has 0 radical (unpaired) electrons. The highest BCUT2D eigenvalue weighted by Gasteiger charge is 2.27. The summed E-state index contributed by atoms with van der Waals surface area (Å²) in [6, 6.07) is 0. The molecule has 0 saturated heterocycles. The van der Waals surface area contributed by atoms with Gasteiger partial charge in [-0.25, -0.2) is 4.57 Å². The van der Waals surface area contributed by atoms with Crippen LogP contribution in [0.25, 0.3) is 0 Å². The van der Waals surface area contributed by atoms with Crippen molar-refractivity contribution in [1.82, 2.24) is 0 Å². The number of carbonyl (C=O) groups is 2. The number of esters is 2. The molecule has 0 aliphatic heterocycles. The Morgan fingerprint density at radius 2 is 0.983 bits per heavy atom. The van der Waals surface area contributed by atoms with Crippen LogP contribution in [0.4, 0.5) is 0 Å². The number of phosphoric ester groups is 1. The molecule has 0 spiro atoms. The molecule has 9 nitrogen and oxygen atoms in total. The molecular weight excluding hydrogens is 750 g/mol. The summed E-state index contributed by atoms with van der Waals surface area (Å²) >= 11 is 0. The topological polar surface area (TPSA) is 108 Å². The van der Waals surface area contributed by atoms with E-state index in [9.17, 15) is 19.0 Å². The van der Waals surface area contributed by atoms with Gasteiger partial charge in [-0.3, -0.25) is 18.6 Å². The number of rotatable bonds is 40. The SMILES string of the molecule is CC/C=C\C/C=C\C/C=C\C/C=C\C/C=C\CCCCCCCCCC(=O)OC(COC(=O)CCCCCCC/C=C\CCCC)COP(=O)(O)OCC[N+](C)(C)C. The third-order valence-electron chi connectivity index (χ3n) is 9.22. The summed E-state index contributed by atoms with van der Waals surface area (Å²) in [5, 5.41) is 0. The Bertz CT molecular complexity index is 1220. The molecule has 0 aromatic carbocycles. The molecule has 0 fully saturated rings. The molecule has 0 aliphatic carbocycles. The predicted octanol–water partition coefficient (Wildman–Crippen LogP) is 13.0. The zero-order chi connectivity index (χ0) is 42.8. The van der Waals surface area contributed by atoms with Crippen LogP contribution in [-0.4, -0.2) is 74.9 Å². The second-order valence-corrected chi connectivity index (χ2v) is 17.5. The maximum Gasteiger partial charge on any atom is 0.472 e. The Kier molecular flexibility index (Phi) is 38.1. The molecule has 0 aromatic heterocycles. The van der Waals surface area contributed by atoms with Crippen molar-refractivity contribution in [3.8, 4) is 0 Å². The first-order valence-corrected chi connectivity index (χ1v) is 24.2. The van der Waals surface area contributed by atoms with Gasteiger partial charge >= 0.3 is 19.8 Å². The van der Waals surface area contributed by atoms with Crippen LogP contribution in [0.3, 0.4) is 0 Å². The Morgan fingerprint density at radius 3 is 1.48 bits per heavy atom. The van der Waals surface area contributed by atoms with Crippen LogP contribution in [-0.2, 0) is 32.7 Å². The Labute approximate surface area is 355 Å². The Balaban J connectivity index is 4.32. The second kappa shape index (κ2) is 39.9. The molecule has 0 aromatic rings. The zero-order valence-corrected chi connectivity index (χ0v) is 38.4. The van der Waals surface area contributed by atoms with Gasteiger partial charge in [0.25, 0.3) is 0 Å². The van der Waals surface area contributed by atoms with Gasteiger partial charge in [0.05, 0.1) is 27.7 Å². The van der Waals surface area contributed by atoms with Crippen molar-refractivity contribution in [2.75, 3.05) is 47.5 Å². The molecular formula is C48H85NO8P+. The molecule has 10 heteroatoms. The van der Waals surface area contributed by atoms with Gasteiger partial charge in [0, 0.05) is 12.8 Å². The minimum absolute atomic E-state index is 0.0245. The summed E-state index contributed by atoms with van der Waals surface area (Å²) in [5.41, 5.74) is 0. The first kappa shape index (κ1) is 55.5. The van der Waals surface area contributed by atoms with Crippen molar-refractivity contribution in [2.24, 2.45) is 0 Å². The van der Waals surface area contributed by atoms with E-state index in [1.165, 1.54) is 32.1 Å². The van der Waals surface area contributed by atoms with Gasteiger partial charge in [-0.15, -0.1) is 0 Å². The smallest absolute Gasteiger partial charge is 0.462 e. The van der Waals surface area contributed by atoms with Gasteiger partial charge in [-0.05, 0) is 77.0 Å². The summed E-state index contributed by atoms with van der Waals surface area (Å²) in [6.45, 7) is 4.23. The van der Waals surface area contributed by atoms with Crippen LogP contribution in [0.5, 0.6) is 0 Å². The van der Waals surface area contributed by atoms with Crippen molar-refractivity contribution in [2.45, 2.75) is 174 Å². The summed E-state index contributed by atoms with van der Waals surface area (Å²) in [5.74, 6) is -0.829. The van der Waals surface area contributed by atoms with Gasteiger partial charge < -0.3 is 18.9 Å². The number of unbranched alkanes of at least 4 members (excludes halogenated alkanes) is 14. The van der Waals surface area contributed by atoms with Crippen molar-refractivity contribution in [3.05, 3.63) is 72.9 Å². The van der Waals surface area contributed by atoms with Crippen molar-refractivity contribution >= 4 is 19.8 Å². The van der Waals surface area contributed by atoms with Crippen LogP contribution in [0.2, 0.25) is 0 Å². The molecule has 334 valence electrons. The molecule has 2 unspecified atom stereocenters. The van der Waals surface area contributed by atoms with E-state index in [1.807, 2.05) is 21.1 Å². The van der Waals surface area contributed by atoms with Crippen molar-refractivity contribution < 1.29 is 42.1 Å². The quantitative estimate of drug-likeness (QED) is 0.0214. The van der Waals surface area contributed by atoms with Crippen molar-refractivity contribution in [3.63, 3.8) is 0 Å². The molecule has 0 bridgehead atoms. The summed E-state index contributed by atoms with van der Waals surface area (Å²) in [7, 11) is 1.45. The van der Waals surface area contributed by atoms with E-state index in [0.29, 0.717) is 17.4 Å². The molecule has 1 N–H and O–H groups in total. The average molecular weight is 835 g/mol. The normalized spacial score (nSPS) is 14.2. The third kappa shape index (κ3) is 43.0. The van der Waals surface area contributed by atoms with E-state index < -0.39 is 26.5 Å². The molecule has 0 aliphatic rings. The first-order chi connectivity index (χ1) is 28.0. The molecule has 0 heterocycles.